The van der Waals surface area contributed by atoms with Gasteiger partial charge in [-0.2, -0.15) is 0 Å². The Bertz CT molecular complexity index is 956. The predicted octanol–water partition coefficient (Wildman–Crippen LogP) is -1.39. The first-order valence-corrected chi connectivity index (χ1v) is 9.69. The van der Waals surface area contributed by atoms with Gasteiger partial charge < -0.3 is 36.9 Å². The lowest BCUT2D eigenvalue weighted by Gasteiger charge is -2.20. The second-order valence-electron chi connectivity index (χ2n) is 7.24. The summed E-state index contributed by atoms with van der Waals surface area (Å²) >= 11 is 0. The SMILES string of the molecule is CC(NC(=O)CNC(=O)C(N)Cc1c[nH]c2ccccc12)C(=O)NC(C(=O)O)C(C)O. The summed E-state index contributed by atoms with van der Waals surface area (Å²) in [6.45, 7) is 2.16. The Labute approximate surface area is 178 Å². The molecule has 8 N–H and O–H groups in total. The number of nitrogens with one attached hydrogen (secondary N) is 4. The molecule has 3 amide bonds. The highest BCUT2D eigenvalue weighted by Gasteiger charge is 2.27. The number of carbonyl (C=O) groups excluding carboxylic acids is 3. The third-order valence-corrected chi connectivity index (χ3v) is 4.69. The molecule has 11 nitrogen and oxygen atoms in total. The number of benzene rings is 1. The first-order valence-electron chi connectivity index (χ1n) is 9.69. The van der Waals surface area contributed by atoms with Gasteiger partial charge in [0.2, 0.25) is 17.7 Å². The molecule has 0 aliphatic heterocycles. The summed E-state index contributed by atoms with van der Waals surface area (Å²) in [5, 5.41) is 26.2. The maximum Gasteiger partial charge on any atom is 0.328 e. The van der Waals surface area contributed by atoms with Crippen LogP contribution in [0.15, 0.2) is 30.5 Å². The van der Waals surface area contributed by atoms with Gasteiger partial charge in [0, 0.05) is 17.1 Å². The molecule has 0 fully saturated rings. The van der Waals surface area contributed by atoms with Crippen LogP contribution in [0.1, 0.15) is 19.4 Å². The number of carboxylic acid groups (broad SMARTS) is 1. The molecule has 0 radical (unpaired) electrons. The minimum atomic E-state index is -1.51. The fourth-order valence-electron chi connectivity index (χ4n) is 2.95. The minimum Gasteiger partial charge on any atom is -0.480 e. The number of rotatable bonds is 10. The molecule has 4 atom stereocenters. The summed E-state index contributed by atoms with van der Waals surface area (Å²) < 4.78 is 0. The lowest BCUT2D eigenvalue weighted by molar-refractivity contribution is -0.145. The largest absolute Gasteiger partial charge is 0.480 e. The number of nitrogens with two attached hydrogens (primary N) is 1. The molecule has 0 spiro atoms. The van der Waals surface area contributed by atoms with Gasteiger partial charge in [0.05, 0.1) is 18.7 Å². The summed E-state index contributed by atoms with van der Waals surface area (Å²) in [7, 11) is 0. The van der Waals surface area contributed by atoms with Crippen molar-refractivity contribution in [1.82, 2.24) is 20.9 Å². The standard InChI is InChI=1S/C20H27N5O6/c1-10(18(28)25-17(11(2)26)20(30)31)24-16(27)9-23-19(29)14(21)7-12-8-22-15-6-4-3-5-13(12)15/h3-6,8,10-11,14,17,22,26H,7,9,21H2,1-2H3,(H,23,29)(H,24,27)(H,25,28)(H,30,31). The fraction of sp³-hybridized carbons (Fsp3) is 0.400. The first kappa shape index (κ1) is 23.8. The highest BCUT2D eigenvalue weighted by Crippen LogP contribution is 2.18. The van der Waals surface area contributed by atoms with E-state index < -0.39 is 54.5 Å². The Balaban J connectivity index is 1.81. The van der Waals surface area contributed by atoms with Crippen LogP contribution in [-0.4, -0.2) is 69.7 Å². The fourth-order valence-corrected chi connectivity index (χ4v) is 2.95. The number of fused-ring (bicyclic) bond motifs is 1. The van der Waals surface area contributed by atoms with Gasteiger partial charge in [-0.25, -0.2) is 4.79 Å². The Hall–Kier alpha value is -3.44. The molecule has 4 unspecified atom stereocenters. The lowest BCUT2D eigenvalue weighted by atomic mass is 10.1. The van der Waals surface area contributed by atoms with Gasteiger partial charge >= 0.3 is 5.97 Å². The Kier molecular flexibility index (Phi) is 8.11. The maximum atomic E-state index is 12.2. The van der Waals surface area contributed by atoms with E-state index in [2.05, 4.69) is 20.9 Å². The molecule has 11 heteroatoms. The first-order chi connectivity index (χ1) is 14.6. The number of H-pyrrole nitrogens is 1. The lowest BCUT2D eigenvalue weighted by Crippen LogP contribution is -2.55. The van der Waals surface area contributed by atoms with Crippen molar-refractivity contribution in [2.45, 2.75) is 44.5 Å². The summed E-state index contributed by atoms with van der Waals surface area (Å²) in [4.78, 5) is 50.4. The number of hydrogen-bond acceptors (Lipinski definition) is 6. The van der Waals surface area contributed by atoms with Crippen molar-refractivity contribution in [2.75, 3.05) is 6.54 Å². The third-order valence-electron chi connectivity index (χ3n) is 4.69. The van der Waals surface area contributed by atoms with Gasteiger partial charge in [0.1, 0.15) is 6.04 Å². The number of aliphatic carboxylic acids is 1. The zero-order valence-electron chi connectivity index (χ0n) is 17.2. The second-order valence-corrected chi connectivity index (χ2v) is 7.24. The number of aromatic nitrogens is 1. The van der Waals surface area contributed by atoms with Crippen molar-refractivity contribution in [2.24, 2.45) is 5.73 Å². The van der Waals surface area contributed by atoms with Crippen LogP contribution in [0.25, 0.3) is 10.9 Å². The molecular formula is C20H27N5O6. The van der Waals surface area contributed by atoms with Gasteiger partial charge in [-0.3, -0.25) is 14.4 Å². The summed E-state index contributed by atoms with van der Waals surface area (Å²) in [6.07, 6.45) is 0.733. The number of aliphatic hydroxyl groups is 1. The van der Waals surface area contributed by atoms with Crippen molar-refractivity contribution in [1.29, 1.82) is 0 Å². The summed E-state index contributed by atoms with van der Waals surface area (Å²) in [5.41, 5.74) is 7.75. The number of aliphatic hydroxyl groups excluding tert-OH is 1. The number of hydrogen-bond donors (Lipinski definition) is 7. The molecule has 0 aliphatic rings. The zero-order chi connectivity index (χ0) is 23.1. The highest BCUT2D eigenvalue weighted by atomic mass is 16.4. The second kappa shape index (κ2) is 10.5. The smallest absolute Gasteiger partial charge is 0.328 e. The van der Waals surface area contributed by atoms with Gasteiger partial charge in [0.25, 0.3) is 0 Å². The molecule has 0 bridgehead atoms. The normalized spacial score (nSPS) is 14.8. The summed E-state index contributed by atoms with van der Waals surface area (Å²) in [6, 6.07) is 4.13. The van der Waals surface area contributed by atoms with Crippen molar-refractivity contribution in [3.05, 3.63) is 36.0 Å². The van der Waals surface area contributed by atoms with E-state index in [1.165, 1.54) is 13.8 Å². The van der Waals surface area contributed by atoms with Crippen molar-refractivity contribution in [3.8, 4) is 0 Å². The maximum absolute atomic E-state index is 12.2. The van der Waals surface area contributed by atoms with Crippen LogP contribution < -0.4 is 21.7 Å². The molecule has 1 aromatic carbocycles. The van der Waals surface area contributed by atoms with E-state index in [0.717, 1.165) is 16.5 Å². The van der Waals surface area contributed by atoms with E-state index in [-0.39, 0.29) is 6.42 Å². The summed E-state index contributed by atoms with van der Waals surface area (Å²) in [5.74, 6) is -3.38. The number of amides is 3. The molecule has 1 heterocycles. The molecule has 1 aromatic heterocycles. The van der Waals surface area contributed by atoms with Gasteiger partial charge in [-0.15, -0.1) is 0 Å². The number of carbonyl (C=O) groups is 4. The zero-order valence-corrected chi connectivity index (χ0v) is 17.2. The van der Waals surface area contributed by atoms with E-state index >= 15 is 0 Å². The monoisotopic (exact) mass is 433 g/mol. The minimum absolute atomic E-state index is 0.270. The highest BCUT2D eigenvalue weighted by molar-refractivity contribution is 5.92. The van der Waals surface area contributed by atoms with Crippen LogP contribution >= 0.6 is 0 Å². The van der Waals surface area contributed by atoms with E-state index in [1.54, 1.807) is 6.20 Å². The Morgan fingerprint density at radius 1 is 1.10 bits per heavy atom. The molecule has 168 valence electrons. The van der Waals surface area contributed by atoms with Crippen LogP contribution in [0.3, 0.4) is 0 Å². The molecular weight excluding hydrogens is 406 g/mol. The van der Waals surface area contributed by atoms with E-state index in [0.29, 0.717) is 0 Å². The van der Waals surface area contributed by atoms with Gasteiger partial charge in [-0.05, 0) is 31.9 Å². The third kappa shape index (κ3) is 6.52. The molecule has 0 aliphatic carbocycles. The number of para-hydroxylation sites is 1. The number of aromatic amines is 1. The van der Waals surface area contributed by atoms with Gasteiger partial charge in [0.15, 0.2) is 6.04 Å². The average molecular weight is 433 g/mol. The van der Waals surface area contributed by atoms with E-state index in [1.807, 2.05) is 24.3 Å². The average Bonchev–Trinajstić information content (AvgIpc) is 3.12. The van der Waals surface area contributed by atoms with Crippen LogP contribution in [0.5, 0.6) is 0 Å². The Morgan fingerprint density at radius 2 is 1.77 bits per heavy atom. The molecule has 2 aromatic rings. The quantitative estimate of drug-likeness (QED) is 0.240. The van der Waals surface area contributed by atoms with Crippen LogP contribution in [0.2, 0.25) is 0 Å². The van der Waals surface area contributed by atoms with Crippen molar-refractivity contribution >= 4 is 34.6 Å². The molecule has 0 saturated carbocycles. The predicted molar refractivity (Wildman–Crippen MR) is 112 cm³/mol. The van der Waals surface area contributed by atoms with Crippen molar-refractivity contribution < 1.29 is 29.4 Å². The van der Waals surface area contributed by atoms with Crippen LogP contribution in [0.4, 0.5) is 0 Å². The van der Waals surface area contributed by atoms with E-state index in [4.69, 9.17) is 10.8 Å². The topological polar surface area (TPSA) is 187 Å². The Morgan fingerprint density at radius 3 is 2.42 bits per heavy atom. The van der Waals surface area contributed by atoms with E-state index in [9.17, 15) is 24.3 Å². The molecule has 31 heavy (non-hydrogen) atoms. The number of carboxylic acids is 1. The molecule has 2 rings (SSSR count). The molecule has 0 saturated heterocycles. The van der Waals surface area contributed by atoms with Gasteiger partial charge in [-0.1, -0.05) is 18.2 Å². The van der Waals surface area contributed by atoms with Crippen LogP contribution in [0, 0.1) is 0 Å². The van der Waals surface area contributed by atoms with Crippen LogP contribution in [-0.2, 0) is 25.6 Å². The van der Waals surface area contributed by atoms with Crippen molar-refractivity contribution in [3.63, 3.8) is 0 Å².